The van der Waals surface area contributed by atoms with Gasteiger partial charge >= 0.3 is 0 Å². The van der Waals surface area contributed by atoms with Crippen LogP contribution in [0.5, 0.6) is 0 Å². The van der Waals surface area contributed by atoms with Crippen molar-refractivity contribution in [3.05, 3.63) is 0 Å². The number of nitrogens with zero attached hydrogens (tertiary/aromatic N) is 1. The number of halogens is 1. The van der Waals surface area contributed by atoms with Crippen LogP contribution in [-0.2, 0) is 4.79 Å². The Kier molecular flexibility index (Phi) is 2.85. The summed E-state index contributed by atoms with van der Waals surface area (Å²) in [6, 6.07) is 0. The predicted molar refractivity (Wildman–Crippen MR) is 41.0 cm³/mol. The number of rotatable bonds is 1. The van der Waals surface area contributed by atoms with Crippen molar-refractivity contribution in [3.8, 4) is 0 Å². The lowest BCUT2D eigenvalue weighted by Gasteiger charge is -2.28. The number of alkyl halides is 1. The molecule has 1 saturated heterocycles. The summed E-state index contributed by atoms with van der Waals surface area (Å²) in [6.07, 6.45) is 1.13. The van der Waals surface area contributed by atoms with Gasteiger partial charge in [0.2, 0.25) is 5.91 Å². The third-order valence-corrected chi connectivity index (χ3v) is 2.02. The SMILES string of the molecule is CCC(=O)N1CCCC(F)C1. The van der Waals surface area contributed by atoms with E-state index in [-0.39, 0.29) is 5.91 Å². The Morgan fingerprint density at radius 2 is 2.45 bits per heavy atom. The summed E-state index contributed by atoms with van der Waals surface area (Å²) >= 11 is 0. The van der Waals surface area contributed by atoms with Crippen LogP contribution in [0.4, 0.5) is 4.39 Å². The molecular weight excluding hydrogens is 145 g/mol. The Morgan fingerprint density at radius 1 is 1.73 bits per heavy atom. The van der Waals surface area contributed by atoms with Gasteiger partial charge in [-0.15, -0.1) is 0 Å². The molecule has 0 radical (unpaired) electrons. The first-order chi connectivity index (χ1) is 5.24. The molecule has 1 heterocycles. The largest absolute Gasteiger partial charge is 0.340 e. The van der Waals surface area contributed by atoms with E-state index >= 15 is 0 Å². The molecule has 0 aromatic carbocycles. The van der Waals surface area contributed by atoms with E-state index in [0.29, 0.717) is 19.4 Å². The molecule has 3 heteroatoms. The maximum atomic E-state index is 12.7. The second kappa shape index (κ2) is 3.69. The molecule has 0 N–H and O–H groups in total. The van der Waals surface area contributed by atoms with Crippen LogP contribution in [0.3, 0.4) is 0 Å². The monoisotopic (exact) mass is 159 g/mol. The third kappa shape index (κ3) is 2.17. The number of hydrogen-bond donors (Lipinski definition) is 0. The molecule has 1 aliphatic rings. The minimum Gasteiger partial charge on any atom is -0.340 e. The van der Waals surface area contributed by atoms with Crippen molar-refractivity contribution in [2.75, 3.05) is 13.1 Å². The Bertz CT molecular complexity index is 149. The molecule has 1 rings (SSSR count). The zero-order valence-corrected chi connectivity index (χ0v) is 6.85. The molecule has 1 fully saturated rings. The third-order valence-electron chi connectivity index (χ3n) is 2.02. The van der Waals surface area contributed by atoms with E-state index in [2.05, 4.69) is 0 Å². The van der Waals surface area contributed by atoms with Crippen molar-refractivity contribution in [2.24, 2.45) is 0 Å². The molecule has 11 heavy (non-hydrogen) atoms. The van der Waals surface area contributed by atoms with Crippen LogP contribution in [0.2, 0.25) is 0 Å². The fourth-order valence-corrected chi connectivity index (χ4v) is 1.38. The predicted octanol–water partition coefficient (Wildman–Crippen LogP) is 1.36. The highest BCUT2D eigenvalue weighted by molar-refractivity contribution is 5.75. The first-order valence-corrected chi connectivity index (χ1v) is 4.16. The van der Waals surface area contributed by atoms with E-state index in [9.17, 15) is 9.18 Å². The van der Waals surface area contributed by atoms with Gasteiger partial charge in [0.25, 0.3) is 0 Å². The molecule has 0 saturated carbocycles. The highest BCUT2D eigenvalue weighted by Crippen LogP contribution is 2.13. The van der Waals surface area contributed by atoms with Crippen LogP contribution in [0.25, 0.3) is 0 Å². The molecule has 0 aromatic rings. The standard InChI is InChI=1S/C8H14FNO/c1-2-8(11)10-5-3-4-7(9)6-10/h7H,2-6H2,1H3. The summed E-state index contributed by atoms with van der Waals surface area (Å²) < 4.78 is 12.7. The average Bonchev–Trinajstić information content (AvgIpc) is 2.03. The number of carbonyl (C=O) groups is 1. The topological polar surface area (TPSA) is 20.3 Å². The van der Waals surface area contributed by atoms with Crippen LogP contribution in [0.15, 0.2) is 0 Å². The number of piperidine rings is 1. The van der Waals surface area contributed by atoms with Gasteiger partial charge in [0.1, 0.15) is 6.17 Å². The Balaban J connectivity index is 2.39. The molecule has 0 bridgehead atoms. The second-order valence-electron chi connectivity index (χ2n) is 2.93. The van der Waals surface area contributed by atoms with E-state index in [1.54, 1.807) is 4.90 Å². The molecule has 1 amide bonds. The van der Waals surface area contributed by atoms with Crippen molar-refractivity contribution < 1.29 is 9.18 Å². The number of carbonyl (C=O) groups excluding carboxylic acids is 1. The number of likely N-dealkylation sites (tertiary alicyclic amines) is 1. The highest BCUT2D eigenvalue weighted by Gasteiger charge is 2.21. The zero-order valence-electron chi connectivity index (χ0n) is 6.85. The van der Waals surface area contributed by atoms with Gasteiger partial charge in [-0.25, -0.2) is 4.39 Å². The lowest BCUT2D eigenvalue weighted by Crippen LogP contribution is -2.40. The van der Waals surface area contributed by atoms with Crippen LogP contribution < -0.4 is 0 Å². The molecule has 64 valence electrons. The average molecular weight is 159 g/mol. The molecule has 0 aromatic heterocycles. The van der Waals surface area contributed by atoms with Crippen molar-refractivity contribution in [2.45, 2.75) is 32.4 Å². The maximum absolute atomic E-state index is 12.7. The number of hydrogen-bond acceptors (Lipinski definition) is 1. The maximum Gasteiger partial charge on any atom is 0.222 e. The quantitative estimate of drug-likeness (QED) is 0.565. The Hall–Kier alpha value is -0.600. The van der Waals surface area contributed by atoms with Crippen LogP contribution in [0, 0.1) is 0 Å². The van der Waals surface area contributed by atoms with E-state index < -0.39 is 6.17 Å². The van der Waals surface area contributed by atoms with Gasteiger partial charge in [-0.3, -0.25) is 4.79 Å². The summed E-state index contributed by atoms with van der Waals surface area (Å²) in [5.41, 5.74) is 0. The van der Waals surface area contributed by atoms with Crippen LogP contribution in [-0.4, -0.2) is 30.1 Å². The summed E-state index contributed by atoms with van der Waals surface area (Å²) in [6.45, 7) is 2.87. The van der Waals surface area contributed by atoms with Gasteiger partial charge in [-0.2, -0.15) is 0 Å². The van der Waals surface area contributed by atoms with Crippen molar-refractivity contribution >= 4 is 5.91 Å². The normalized spacial score (nSPS) is 25.3. The first-order valence-electron chi connectivity index (χ1n) is 4.16. The Morgan fingerprint density at radius 3 is 3.00 bits per heavy atom. The summed E-state index contributed by atoms with van der Waals surface area (Å²) in [4.78, 5) is 12.7. The van der Waals surface area contributed by atoms with E-state index in [1.807, 2.05) is 6.92 Å². The summed E-state index contributed by atoms with van der Waals surface area (Å²) in [7, 11) is 0. The molecule has 0 aliphatic carbocycles. The van der Waals surface area contributed by atoms with Crippen molar-refractivity contribution in [3.63, 3.8) is 0 Å². The van der Waals surface area contributed by atoms with Crippen LogP contribution >= 0.6 is 0 Å². The van der Waals surface area contributed by atoms with E-state index in [1.165, 1.54) is 0 Å². The fraction of sp³-hybridized carbons (Fsp3) is 0.875. The van der Waals surface area contributed by atoms with Gasteiger partial charge in [-0.05, 0) is 12.8 Å². The van der Waals surface area contributed by atoms with Gasteiger partial charge in [-0.1, -0.05) is 6.92 Å². The minimum atomic E-state index is -0.792. The fourth-order valence-electron chi connectivity index (χ4n) is 1.38. The molecular formula is C8H14FNO. The van der Waals surface area contributed by atoms with Crippen molar-refractivity contribution in [1.29, 1.82) is 0 Å². The van der Waals surface area contributed by atoms with Gasteiger partial charge in [0, 0.05) is 13.0 Å². The lowest BCUT2D eigenvalue weighted by molar-refractivity contribution is -0.132. The lowest BCUT2D eigenvalue weighted by atomic mass is 10.1. The smallest absolute Gasteiger partial charge is 0.222 e. The highest BCUT2D eigenvalue weighted by atomic mass is 19.1. The second-order valence-corrected chi connectivity index (χ2v) is 2.93. The molecule has 1 unspecified atom stereocenters. The van der Waals surface area contributed by atoms with E-state index in [4.69, 9.17) is 0 Å². The van der Waals surface area contributed by atoms with E-state index in [0.717, 1.165) is 13.0 Å². The Labute approximate surface area is 66.4 Å². The van der Waals surface area contributed by atoms with Crippen LogP contribution in [0.1, 0.15) is 26.2 Å². The molecule has 1 aliphatic heterocycles. The van der Waals surface area contributed by atoms with Gasteiger partial charge in [0.15, 0.2) is 0 Å². The van der Waals surface area contributed by atoms with Crippen molar-refractivity contribution in [1.82, 2.24) is 4.90 Å². The first kappa shape index (κ1) is 8.50. The molecule has 2 nitrogen and oxygen atoms in total. The van der Waals surface area contributed by atoms with Gasteiger partial charge in [0.05, 0.1) is 6.54 Å². The minimum absolute atomic E-state index is 0.0763. The molecule has 0 spiro atoms. The summed E-state index contributed by atoms with van der Waals surface area (Å²) in [5, 5.41) is 0. The molecule has 1 atom stereocenters. The zero-order chi connectivity index (χ0) is 8.27. The number of amides is 1. The summed E-state index contributed by atoms with van der Waals surface area (Å²) in [5.74, 6) is 0.0763. The van der Waals surface area contributed by atoms with Gasteiger partial charge < -0.3 is 4.90 Å².